The van der Waals surface area contributed by atoms with Gasteiger partial charge in [0, 0.05) is 17.8 Å². The molecule has 18 heavy (non-hydrogen) atoms. The quantitative estimate of drug-likeness (QED) is 0.800. The molecular formula is C10H11F2NO3S2. The first kappa shape index (κ1) is 15.0. The van der Waals surface area contributed by atoms with Crippen molar-refractivity contribution in [3.8, 4) is 11.8 Å². The van der Waals surface area contributed by atoms with Crippen LogP contribution in [0.25, 0.3) is 0 Å². The third-order valence-electron chi connectivity index (χ3n) is 1.79. The number of thiophene rings is 1. The van der Waals surface area contributed by atoms with Gasteiger partial charge in [-0.25, -0.2) is 13.1 Å². The molecule has 0 aliphatic rings. The minimum Gasteiger partial charge on any atom is -0.395 e. The third-order valence-corrected chi connectivity index (χ3v) is 3.81. The second-order valence-corrected chi connectivity index (χ2v) is 6.07. The van der Waals surface area contributed by atoms with Crippen LogP contribution in [0, 0.1) is 11.8 Å². The minimum atomic E-state index is -4.55. The number of aliphatic hydroxyl groups excluding tert-OH is 1. The first-order chi connectivity index (χ1) is 8.45. The van der Waals surface area contributed by atoms with Gasteiger partial charge in [-0.3, -0.25) is 0 Å². The topological polar surface area (TPSA) is 66.4 Å². The van der Waals surface area contributed by atoms with Gasteiger partial charge < -0.3 is 5.11 Å². The SMILES string of the molecule is O=S(=O)(NCc1ccc(C#CCCO)s1)C(F)F. The molecule has 0 aromatic carbocycles. The number of hydrogen-bond acceptors (Lipinski definition) is 4. The number of alkyl halides is 2. The Kier molecular flexibility index (Phi) is 5.68. The van der Waals surface area contributed by atoms with E-state index in [9.17, 15) is 17.2 Å². The summed E-state index contributed by atoms with van der Waals surface area (Å²) in [6, 6.07) is 3.28. The summed E-state index contributed by atoms with van der Waals surface area (Å²) in [6.07, 6.45) is 0.352. The molecule has 1 aromatic rings. The summed E-state index contributed by atoms with van der Waals surface area (Å²) in [5.74, 6) is 2.05. The number of nitrogens with one attached hydrogen (secondary N) is 1. The van der Waals surface area contributed by atoms with Gasteiger partial charge in [-0.15, -0.1) is 11.3 Å². The first-order valence-corrected chi connectivity index (χ1v) is 7.27. The van der Waals surface area contributed by atoms with Crippen molar-refractivity contribution in [3.63, 3.8) is 0 Å². The highest BCUT2D eigenvalue weighted by Gasteiger charge is 2.23. The van der Waals surface area contributed by atoms with E-state index < -0.39 is 15.8 Å². The van der Waals surface area contributed by atoms with E-state index in [1.165, 1.54) is 11.3 Å². The van der Waals surface area contributed by atoms with Crippen LogP contribution in [0.2, 0.25) is 0 Å². The molecule has 0 aliphatic carbocycles. The normalized spacial score (nSPS) is 11.3. The molecule has 0 unspecified atom stereocenters. The third kappa shape index (κ3) is 4.70. The Morgan fingerprint density at radius 3 is 2.78 bits per heavy atom. The van der Waals surface area contributed by atoms with Gasteiger partial charge in [-0.1, -0.05) is 11.8 Å². The first-order valence-electron chi connectivity index (χ1n) is 4.91. The Hall–Kier alpha value is -1.01. The van der Waals surface area contributed by atoms with Crippen molar-refractivity contribution in [1.82, 2.24) is 4.72 Å². The van der Waals surface area contributed by atoms with Crippen LogP contribution in [0.4, 0.5) is 8.78 Å². The van der Waals surface area contributed by atoms with E-state index in [2.05, 4.69) is 11.8 Å². The van der Waals surface area contributed by atoms with Gasteiger partial charge in [0.25, 0.3) is 10.0 Å². The maximum Gasteiger partial charge on any atom is 0.350 e. The lowest BCUT2D eigenvalue weighted by Crippen LogP contribution is -2.28. The van der Waals surface area contributed by atoms with E-state index in [0.717, 1.165) is 0 Å². The molecule has 0 atom stereocenters. The van der Waals surface area contributed by atoms with E-state index in [1.54, 1.807) is 16.9 Å². The summed E-state index contributed by atoms with van der Waals surface area (Å²) in [5.41, 5.74) is 0. The minimum absolute atomic E-state index is 0.0284. The van der Waals surface area contributed by atoms with Gasteiger partial charge in [0.1, 0.15) is 0 Å². The van der Waals surface area contributed by atoms with Gasteiger partial charge in [-0.2, -0.15) is 8.78 Å². The van der Waals surface area contributed by atoms with Gasteiger partial charge in [0.2, 0.25) is 0 Å². The number of rotatable bonds is 5. The van der Waals surface area contributed by atoms with E-state index in [4.69, 9.17) is 5.11 Å². The number of sulfonamides is 1. The lowest BCUT2D eigenvalue weighted by Gasteiger charge is -2.02. The molecule has 8 heteroatoms. The second-order valence-electron chi connectivity index (χ2n) is 3.17. The Balaban J connectivity index is 2.58. The number of aliphatic hydroxyl groups is 1. The second kappa shape index (κ2) is 6.80. The molecule has 0 aliphatic heterocycles. The highest BCUT2D eigenvalue weighted by Crippen LogP contribution is 2.16. The van der Waals surface area contributed by atoms with Crippen LogP contribution in [-0.4, -0.2) is 25.9 Å². The van der Waals surface area contributed by atoms with Crippen molar-refractivity contribution in [2.45, 2.75) is 18.7 Å². The molecule has 1 rings (SSSR count). The Morgan fingerprint density at radius 2 is 2.17 bits per heavy atom. The number of hydrogen-bond donors (Lipinski definition) is 2. The highest BCUT2D eigenvalue weighted by atomic mass is 32.2. The van der Waals surface area contributed by atoms with Crippen molar-refractivity contribution in [2.75, 3.05) is 6.61 Å². The molecule has 0 spiro atoms. The molecule has 0 radical (unpaired) electrons. The van der Waals surface area contributed by atoms with Crippen molar-refractivity contribution >= 4 is 21.4 Å². The summed E-state index contributed by atoms with van der Waals surface area (Å²) in [6.45, 7) is -0.210. The monoisotopic (exact) mass is 295 g/mol. The fourth-order valence-corrected chi connectivity index (χ4v) is 2.38. The summed E-state index contributed by atoms with van der Waals surface area (Å²) in [5, 5.41) is 8.53. The van der Waals surface area contributed by atoms with Gasteiger partial charge in [0.15, 0.2) is 0 Å². The Labute approximate surface area is 108 Å². The van der Waals surface area contributed by atoms with E-state index in [0.29, 0.717) is 16.2 Å². The van der Waals surface area contributed by atoms with Crippen LogP contribution in [0.3, 0.4) is 0 Å². The van der Waals surface area contributed by atoms with Crippen LogP contribution in [0.1, 0.15) is 16.2 Å². The fourth-order valence-electron chi connectivity index (χ4n) is 0.980. The van der Waals surface area contributed by atoms with Gasteiger partial charge in [-0.05, 0) is 12.1 Å². The Morgan fingerprint density at radius 1 is 1.44 bits per heavy atom. The summed E-state index contributed by atoms with van der Waals surface area (Å²) in [4.78, 5) is 1.28. The summed E-state index contributed by atoms with van der Waals surface area (Å²) < 4.78 is 47.5. The van der Waals surface area contributed by atoms with E-state index in [-0.39, 0.29) is 13.2 Å². The molecule has 1 heterocycles. The predicted octanol–water partition coefficient (Wildman–Crippen LogP) is 1.12. The average Bonchev–Trinajstić information content (AvgIpc) is 2.75. The van der Waals surface area contributed by atoms with E-state index >= 15 is 0 Å². The van der Waals surface area contributed by atoms with Crippen molar-refractivity contribution in [3.05, 3.63) is 21.9 Å². The standard InChI is InChI=1S/C10H11F2NO3S2/c11-10(12)18(15,16)13-7-9-5-4-8(17-9)3-1-2-6-14/h4-5,10,13-14H,2,6-7H2. The van der Waals surface area contributed by atoms with Gasteiger partial charge in [0.05, 0.1) is 11.5 Å². The maximum absolute atomic E-state index is 12.0. The maximum atomic E-state index is 12.0. The van der Waals surface area contributed by atoms with Crippen LogP contribution < -0.4 is 4.72 Å². The molecule has 2 N–H and O–H groups in total. The lowest BCUT2D eigenvalue weighted by molar-refractivity contribution is 0.232. The molecular weight excluding hydrogens is 284 g/mol. The van der Waals surface area contributed by atoms with Crippen molar-refractivity contribution < 1.29 is 22.3 Å². The number of halogens is 2. The zero-order valence-electron chi connectivity index (χ0n) is 9.19. The molecule has 0 bridgehead atoms. The highest BCUT2D eigenvalue weighted by molar-refractivity contribution is 7.89. The van der Waals surface area contributed by atoms with Crippen LogP contribution in [0.5, 0.6) is 0 Å². The molecule has 100 valence electrons. The largest absolute Gasteiger partial charge is 0.395 e. The molecule has 0 amide bonds. The van der Waals surface area contributed by atoms with Crippen LogP contribution in [-0.2, 0) is 16.6 Å². The molecule has 1 aromatic heterocycles. The average molecular weight is 295 g/mol. The van der Waals surface area contributed by atoms with E-state index in [1.807, 2.05) is 0 Å². The van der Waals surface area contributed by atoms with Crippen molar-refractivity contribution in [1.29, 1.82) is 0 Å². The molecule has 0 saturated carbocycles. The smallest absolute Gasteiger partial charge is 0.350 e. The molecule has 4 nitrogen and oxygen atoms in total. The summed E-state index contributed by atoms with van der Waals surface area (Å²) >= 11 is 1.21. The van der Waals surface area contributed by atoms with Crippen molar-refractivity contribution in [2.24, 2.45) is 0 Å². The predicted molar refractivity (Wildman–Crippen MR) is 64.7 cm³/mol. The molecule has 0 saturated heterocycles. The van der Waals surface area contributed by atoms with Crippen LogP contribution in [0.15, 0.2) is 12.1 Å². The van der Waals surface area contributed by atoms with Crippen LogP contribution >= 0.6 is 11.3 Å². The zero-order valence-corrected chi connectivity index (χ0v) is 10.8. The molecule has 0 fully saturated rings. The fraction of sp³-hybridized carbons (Fsp3) is 0.400. The lowest BCUT2D eigenvalue weighted by atomic mass is 10.4. The van der Waals surface area contributed by atoms with Gasteiger partial charge >= 0.3 is 5.76 Å². The Bertz CT molecular complexity index is 543. The summed E-state index contributed by atoms with van der Waals surface area (Å²) in [7, 11) is -4.55. The zero-order chi connectivity index (χ0) is 13.6.